The normalized spacial score (nSPS) is 34.9. The highest BCUT2D eigenvalue weighted by molar-refractivity contribution is 9.10. The van der Waals surface area contributed by atoms with E-state index in [9.17, 15) is 22.4 Å². The minimum absolute atomic E-state index is 0.00395. The summed E-state index contributed by atoms with van der Waals surface area (Å²) in [6.07, 6.45) is 1.21. The second kappa shape index (κ2) is 8.21. The van der Waals surface area contributed by atoms with Crippen molar-refractivity contribution >= 4 is 27.5 Å². The van der Waals surface area contributed by atoms with Gasteiger partial charge in [0.2, 0.25) is 11.7 Å². The smallest absolute Gasteiger partial charge is 0.370 e. The fourth-order valence-electron chi connectivity index (χ4n) is 6.76. The van der Waals surface area contributed by atoms with Crippen LogP contribution in [-0.4, -0.2) is 35.2 Å². The summed E-state index contributed by atoms with van der Waals surface area (Å²) < 4.78 is 60.2. The second-order valence-corrected chi connectivity index (χ2v) is 12.0. The van der Waals surface area contributed by atoms with Crippen molar-refractivity contribution in [2.75, 3.05) is 18.1 Å². The SMILES string of the molecule is O=C(N(CC12CCC(c3cnc(C(F)(F)F)nc3)(CC1)OC2)c1cccc(Br)c1)C12CC(F)C(C1)C2. The van der Waals surface area contributed by atoms with Crippen molar-refractivity contribution in [3.8, 4) is 0 Å². The molecule has 2 aliphatic heterocycles. The summed E-state index contributed by atoms with van der Waals surface area (Å²) in [5.74, 6) is -1.17. The molecule has 4 bridgehead atoms. The number of hydrogen-bond donors (Lipinski definition) is 0. The third-order valence-electron chi connectivity index (χ3n) is 8.92. The molecule has 0 spiro atoms. The molecular formula is C26H26BrF4N3O2. The van der Waals surface area contributed by atoms with Crippen LogP contribution >= 0.6 is 15.9 Å². The first-order valence-electron chi connectivity index (χ1n) is 12.3. The van der Waals surface area contributed by atoms with E-state index in [1.54, 1.807) is 0 Å². The zero-order valence-electron chi connectivity index (χ0n) is 19.5. The van der Waals surface area contributed by atoms with Crippen molar-refractivity contribution in [1.82, 2.24) is 9.97 Å². The first-order valence-corrected chi connectivity index (χ1v) is 13.1. The maximum absolute atomic E-state index is 14.3. The molecule has 1 atom stereocenters. The first kappa shape index (κ1) is 24.3. The monoisotopic (exact) mass is 567 g/mol. The van der Waals surface area contributed by atoms with Gasteiger partial charge in [0, 0.05) is 40.1 Å². The van der Waals surface area contributed by atoms with Crippen LogP contribution in [0.15, 0.2) is 41.1 Å². The van der Waals surface area contributed by atoms with Crippen molar-refractivity contribution in [2.45, 2.75) is 62.9 Å². The molecule has 0 N–H and O–H groups in total. The molecule has 3 heterocycles. The molecule has 2 aromatic rings. The number of benzene rings is 1. The number of ether oxygens (including phenoxy) is 1. The molecule has 0 radical (unpaired) electrons. The summed E-state index contributed by atoms with van der Waals surface area (Å²) >= 11 is 3.50. The fourth-order valence-corrected chi connectivity index (χ4v) is 7.15. The Labute approximate surface area is 214 Å². The van der Waals surface area contributed by atoms with Gasteiger partial charge in [-0.15, -0.1) is 0 Å². The van der Waals surface area contributed by atoms with Gasteiger partial charge in [0.1, 0.15) is 6.17 Å². The average Bonchev–Trinajstić information content (AvgIpc) is 3.36. The number of nitrogens with zero attached hydrogens (tertiary/aromatic N) is 3. The molecule has 4 aliphatic carbocycles. The Kier molecular flexibility index (Phi) is 5.54. The number of anilines is 1. The van der Waals surface area contributed by atoms with E-state index in [0.717, 1.165) is 23.0 Å². The van der Waals surface area contributed by atoms with Gasteiger partial charge in [-0.25, -0.2) is 14.4 Å². The predicted molar refractivity (Wildman–Crippen MR) is 127 cm³/mol. The molecule has 8 rings (SSSR count). The Bertz CT molecular complexity index is 1160. The van der Waals surface area contributed by atoms with Crippen LogP contribution in [0.4, 0.5) is 23.2 Å². The van der Waals surface area contributed by atoms with Gasteiger partial charge >= 0.3 is 6.18 Å². The van der Waals surface area contributed by atoms with Crippen molar-refractivity contribution in [3.63, 3.8) is 0 Å². The lowest BCUT2D eigenvalue weighted by molar-refractivity contribution is -0.187. The Morgan fingerprint density at radius 3 is 2.33 bits per heavy atom. The molecule has 5 nitrogen and oxygen atoms in total. The van der Waals surface area contributed by atoms with Crippen LogP contribution in [0.1, 0.15) is 56.3 Å². The van der Waals surface area contributed by atoms with E-state index >= 15 is 0 Å². The highest BCUT2D eigenvalue weighted by atomic mass is 79.9. The number of hydrogen-bond acceptors (Lipinski definition) is 4. The van der Waals surface area contributed by atoms with Crippen LogP contribution < -0.4 is 4.90 Å². The van der Waals surface area contributed by atoms with Crippen LogP contribution in [0.25, 0.3) is 0 Å². The maximum atomic E-state index is 14.3. The van der Waals surface area contributed by atoms with Crippen LogP contribution in [-0.2, 0) is 21.3 Å². The standard InChI is InChI=1S/C26H26BrF4N3O2/c27-18-2-1-3-19(8-18)34(22(35)24-9-16(10-24)20(28)11-24)14-23-4-6-25(7-5-23,36-15-23)17-12-32-21(33-13-17)26(29,30)31/h1-3,8,12-13,16,20H,4-7,9-11,14-15H2. The predicted octanol–water partition coefficient (Wildman–Crippen LogP) is 6.22. The lowest BCUT2D eigenvalue weighted by atomic mass is 9.63. The summed E-state index contributed by atoms with van der Waals surface area (Å²) in [5, 5.41) is 0. The summed E-state index contributed by atoms with van der Waals surface area (Å²) in [6.45, 7) is 0.846. The quantitative estimate of drug-likeness (QED) is 0.403. The van der Waals surface area contributed by atoms with E-state index in [-0.39, 0.29) is 17.2 Å². The average molecular weight is 568 g/mol. The molecule has 6 aliphatic rings. The van der Waals surface area contributed by atoms with E-state index in [2.05, 4.69) is 25.9 Å². The molecule has 6 fully saturated rings. The second-order valence-electron chi connectivity index (χ2n) is 11.1. The van der Waals surface area contributed by atoms with Crippen molar-refractivity contribution < 1.29 is 27.1 Å². The fraction of sp³-hybridized carbons (Fsp3) is 0.577. The van der Waals surface area contributed by atoms with Crippen LogP contribution in [0.2, 0.25) is 0 Å². The molecular weight excluding hydrogens is 542 g/mol. The summed E-state index contributed by atoms with van der Waals surface area (Å²) in [4.78, 5) is 22.8. The highest BCUT2D eigenvalue weighted by Gasteiger charge is 2.62. The Morgan fingerprint density at radius 1 is 1.11 bits per heavy atom. The minimum atomic E-state index is -4.59. The summed E-state index contributed by atoms with van der Waals surface area (Å²) in [7, 11) is 0. The van der Waals surface area contributed by atoms with Gasteiger partial charge in [-0.05, 0) is 69.1 Å². The maximum Gasteiger partial charge on any atom is 0.451 e. The van der Waals surface area contributed by atoms with E-state index in [1.165, 1.54) is 12.4 Å². The largest absolute Gasteiger partial charge is 0.451 e. The molecule has 36 heavy (non-hydrogen) atoms. The van der Waals surface area contributed by atoms with E-state index in [1.807, 2.05) is 29.2 Å². The third-order valence-corrected chi connectivity index (χ3v) is 9.41. The zero-order valence-corrected chi connectivity index (χ0v) is 21.1. The van der Waals surface area contributed by atoms with Crippen molar-refractivity contribution in [3.05, 3.63) is 52.5 Å². The zero-order chi connectivity index (χ0) is 25.3. The number of alkyl halides is 4. The van der Waals surface area contributed by atoms with Gasteiger partial charge in [-0.1, -0.05) is 22.0 Å². The van der Waals surface area contributed by atoms with Crippen LogP contribution in [0.5, 0.6) is 0 Å². The topological polar surface area (TPSA) is 55.3 Å². The number of carbonyl (C=O) groups excluding carboxylic acids is 1. The first-order chi connectivity index (χ1) is 17.0. The van der Waals surface area contributed by atoms with E-state index < -0.39 is 29.2 Å². The third kappa shape index (κ3) is 3.86. The number of amides is 1. The molecule has 4 saturated carbocycles. The Hall–Kier alpha value is -2.07. The van der Waals surface area contributed by atoms with Gasteiger partial charge in [-0.2, -0.15) is 13.2 Å². The number of rotatable bonds is 5. The van der Waals surface area contributed by atoms with Gasteiger partial charge in [-0.3, -0.25) is 4.79 Å². The molecule has 1 aromatic carbocycles. The molecule has 1 unspecified atom stereocenters. The van der Waals surface area contributed by atoms with Gasteiger partial charge < -0.3 is 9.64 Å². The Morgan fingerprint density at radius 2 is 1.81 bits per heavy atom. The molecule has 1 aromatic heterocycles. The van der Waals surface area contributed by atoms with E-state index in [4.69, 9.17) is 4.74 Å². The summed E-state index contributed by atoms with van der Waals surface area (Å²) in [5.41, 5.74) is -0.261. The van der Waals surface area contributed by atoms with Gasteiger partial charge in [0.25, 0.3) is 0 Å². The number of halogens is 5. The van der Waals surface area contributed by atoms with E-state index in [0.29, 0.717) is 50.8 Å². The van der Waals surface area contributed by atoms with Crippen molar-refractivity contribution in [2.24, 2.45) is 16.7 Å². The minimum Gasteiger partial charge on any atom is -0.370 e. The highest BCUT2D eigenvalue weighted by Crippen LogP contribution is 2.61. The van der Waals surface area contributed by atoms with Gasteiger partial charge in [0.15, 0.2) is 0 Å². The van der Waals surface area contributed by atoms with Gasteiger partial charge in [0.05, 0.1) is 17.6 Å². The number of fused-ring (bicyclic) bond motifs is 4. The molecule has 2 saturated heterocycles. The molecule has 10 heteroatoms. The number of carbonyl (C=O) groups is 1. The van der Waals surface area contributed by atoms with Crippen molar-refractivity contribution in [1.29, 1.82) is 0 Å². The number of aromatic nitrogens is 2. The Balaban J connectivity index is 1.23. The van der Waals surface area contributed by atoms with Crippen LogP contribution in [0, 0.1) is 16.7 Å². The lowest BCUT2D eigenvalue weighted by Gasteiger charge is -2.55. The van der Waals surface area contributed by atoms with Crippen LogP contribution in [0.3, 0.4) is 0 Å². The lowest BCUT2D eigenvalue weighted by Crippen LogP contribution is -2.57. The summed E-state index contributed by atoms with van der Waals surface area (Å²) in [6, 6.07) is 7.61. The molecule has 192 valence electrons. The molecule has 1 amide bonds.